The van der Waals surface area contributed by atoms with Crippen molar-refractivity contribution >= 4 is 11.6 Å². The van der Waals surface area contributed by atoms with Crippen molar-refractivity contribution in [3.05, 3.63) is 34.9 Å². The van der Waals surface area contributed by atoms with E-state index in [1.165, 1.54) is 24.8 Å². The largest absolute Gasteiger partial charge is 0.310 e. The molecule has 1 fully saturated rings. The zero-order chi connectivity index (χ0) is 10.7. The van der Waals surface area contributed by atoms with Crippen LogP contribution < -0.4 is 5.32 Å². The summed E-state index contributed by atoms with van der Waals surface area (Å²) in [5.41, 5.74) is 1.38. The Morgan fingerprint density at radius 3 is 2.47 bits per heavy atom. The third-order valence-electron chi connectivity index (χ3n) is 3.27. The van der Waals surface area contributed by atoms with Crippen molar-refractivity contribution in [2.75, 3.05) is 6.54 Å². The van der Waals surface area contributed by atoms with Gasteiger partial charge in [0.1, 0.15) is 0 Å². The molecule has 1 aliphatic rings. The highest BCUT2D eigenvalue weighted by atomic mass is 35.5. The Bertz CT molecular complexity index is 303. The molecule has 0 amide bonds. The van der Waals surface area contributed by atoms with E-state index in [4.69, 9.17) is 11.6 Å². The maximum Gasteiger partial charge on any atom is 0.0406 e. The van der Waals surface area contributed by atoms with Gasteiger partial charge in [-0.05, 0) is 43.0 Å². The summed E-state index contributed by atoms with van der Waals surface area (Å²) in [4.78, 5) is 0. The average molecular weight is 224 g/mol. The van der Waals surface area contributed by atoms with Crippen LogP contribution in [0.1, 0.15) is 37.8 Å². The highest BCUT2D eigenvalue weighted by Crippen LogP contribution is 2.37. The summed E-state index contributed by atoms with van der Waals surface area (Å²) in [6.07, 6.45) is 4.11. The van der Waals surface area contributed by atoms with E-state index in [-0.39, 0.29) is 0 Å². The molecule has 1 nitrogen and oxygen atoms in total. The summed E-state index contributed by atoms with van der Waals surface area (Å²) >= 11 is 5.90. The van der Waals surface area contributed by atoms with Gasteiger partial charge in [-0.1, -0.05) is 37.1 Å². The molecule has 0 spiro atoms. The van der Waals surface area contributed by atoms with Crippen molar-refractivity contribution < 1.29 is 0 Å². The van der Waals surface area contributed by atoms with E-state index in [1.54, 1.807) is 0 Å². The first kappa shape index (κ1) is 11.0. The maximum absolute atomic E-state index is 5.90. The lowest BCUT2D eigenvalue weighted by atomic mass is 9.77. The molecule has 1 aromatic rings. The Kier molecular flexibility index (Phi) is 3.66. The first-order chi connectivity index (χ1) is 7.31. The Hall–Kier alpha value is -0.530. The van der Waals surface area contributed by atoms with Crippen LogP contribution >= 0.6 is 11.6 Å². The van der Waals surface area contributed by atoms with Crippen molar-refractivity contribution in [2.24, 2.45) is 5.92 Å². The Labute approximate surface area is 96.8 Å². The highest BCUT2D eigenvalue weighted by Gasteiger charge is 2.27. The van der Waals surface area contributed by atoms with Crippen LogP contribution in [0, 0.1) is 5.92 Å². The minimum atomic E-state index is 0.529. The number of benzene rings is 1. The molecule has 0 saturated heterocycles. The molecule has 1 aliphatic carbocycles. The molecule has 2 heteroatoms. The predicted octanol–water partition coefficient (Wildman–Crippen LogP) is 3.79. The number of hydrogen-bond donors (Lipinski definition) is 1. The van der Waals surface area contributed by atoms with Crippen molar-refractivity contribution in [1.29, 1.82) is 0 Å². The summed E-state index contributed by atoms with van der Waals surface area (Å²) in [6, 6.07) is 8.79. The molecule has 1 aromatic carbocycles. The summed E-state index contributed by atoms with van der Waals surface area (Å²) in [5, 5.41) is 4.40. The molecule has 0 heterocycles. The third kappa shape index (κ3) is 2.53. The van der Waals surface area contributed by atoms with E-state index in [1.807, 2.05) is 12.1 Å². The number of nitrogens with one attached hydrogen (secondary N) is 1. The molecular weight excluding hydrogens is 206 g/mol. The lowest BCUT2D eigenvalue weighted by Crippen LogP contribution is -2.32. The van der Waals surface area contributed by atoms with Gasteiger partial charge in [-0.15, -0.1) is 0 Å². The summed E-state index contributed by atoms with van der Waals surface area (Å²) in [7, 11) is 0. The van der Waals surface area contributed by atoms with E-state index in [0.29, 0.717) is 6.04 Å². The molecule has 15 heavy (non-hydrogen) atoms. The number of rotatable bonds is 4. The first-order valence-electron chi connectivity index (χ1n) is 5.80. The Morgan fingerprint density at radius 1 is 1.33 bits per heavy atom. The number of halogens is 1. The molecule has 1 atom stereocenters. The Balaban J connectivity index is 2.12. The molecule has 1 N–H and O–H groups in total. The molecule has 0 aliphatic heterocycles. The van der Waals surface area contributed by atoms with Gasteiger partial charge in [-0.2, -0.15) is 0 Å². The molecule has 2 rings (SSSR count). The highest BCUT2D eigenvalue weighted by molar-refractivity contribution is 6.30. The van der Waals surface area contributed by atoms with E-state index in [9.17, 15) is 0 Å². The van der Waals surface area contributed by atoms with Gasteiger partial charge in [-0.25, -0.2) is 0 Å². The van der Waals surface area contributed by atoms with E-state index in [0.717, 1.165) is 17.5 Å². The standard InChI is InChI=1S/C13H18ClN/c1-2-15-13(10-4-3-5-10)11-6-8-12(14)9-7-11/h6-10,13,15H,2-5H2,1H3. The van der Waals surface area contributed by atoms with Crippen LogP contribution in [0.25, 0.3) is 0 Å². The van der Waals surface area contributed by atoms with Crippen molar-refractivity contribution in [3.63, 3.8) is 0 Å². The normalized spacial score (nSPS) is 18.5. The third-order valence-corrected chi connectivity index (χ3v) is 3.53. The monoisotopic (exact) mass is 223 g/mol. The van der Waals surface area contributed by atoms with Gasteiger partial charge in [0.2, 0.25) is 0 Å². The van der Waals surface area contributed by atoms with Gasteiger partial charge in [-0.3, -0.25) is 0 Å². The van der Waals surface area contributed by atoms with Crippen LogP contribution in [0.4, 0.5) is 0 Å². The van der Waals surface area contributed by atoms with Crippen LogP contribution in [0.3, 0.4) is 0 Å². The first-order valence-corrected chi connectivity index (χ1v) is 6.18. The van der Waals surface area contributed by atoms with E-state index in [2.05, 4.69) is 24.4 Å². The second-order valence-corrected chi connectivity index (χ2v) is 4.71. The van der Waals surface area contributed by atoms with Gasteiger partial charge in [0.05, 0.1) is 0 Å². The van der Waals surface area contributed by atoms with Gasteiger partial charge in [0.25, 0.3) is 0 Å². The molecular formula is C13H18ClN. The summed E-state index contributed by atoms with van der Waals surface area (Å²) < 4.78 is 0. The van der Waals surface area contributed by atoms with Crippen molar-refractivity contribution in [3.8, 4) is 0 Å². The van der Waals surface area contributed by atoms with Crippen LogP contribution in [-0.4, -0.2) is 6.54 Å². The quantitative estimate of drug-likeness (QED) is 0.819. The fraction of sp³-hybridized carbons (Fsp3) is 0.538. The zero-order valence-electron chi connectivity index (χ0n) is 9.17. The van der Waals surface area contributed by atoms with Crippen LogP contribution in [0.5, 0.6) is 0 Å². The molecule has 0 bridgehead atoms. The average Bonchev–Trinajstić information content (AvgIpc) is 2.16. The zero-order valence-corrected chi connectivity index (χ0v) is 9.93. The van der Waals surface area contributed by atoms with Gasteiger partial charge < -0.3 is 5.32 Å². The Morgan fingerprint density at radius 2 is 2.00 bits per heavy atom. The van der Waals surface area contributed by atoms with E-state index < -0.39 is 0 Å². The minimum Gasteiger partial charge on any atom is -0.310 e. The maximum atomic E-state index is 5.90. The summed E-state index contributed by atoms with van der Waals surface area (Å²) in [6.45, 7) is 3.20. The fourth-order valence-corrected chi connectivity index (χ4v) is 2.35. The SMILES string of the molecule is CCNC(c1ccc(Cl)cc1)C1CCC1. The predicted molar refractivity (Wildman–Crippen MR) is 65.2 cm³/mol. The van der Waals surface area contributed by atoms with Gasteiger partial charge in [0.15, 0.2) is 0 Å². The molecule has 1 saturated carbocycles. The lowest BCUT2D eigenvalue weighted by molar-refractivity contribution is 0.233. The van der Waals surface area contributed by atoms with Crippen LogP contribution in [0.15, 0.2) is 24.3 Å². The molecule has 82 valence electrons. The lowest BCUT2D eigenvalue weighted by Gasteiger charge is -2.34. The van der Waals surface area contributed by atoms with Crippen LogP contribution in [-0.2, 0) is 0 Å². The molecule has 1 unspecified atom stereocenters. The van der Waals surface area contributed by atoms with E-state index >= 15 is 0 Å². The van der Waals surface area contributed by atoms with Crippen LogP contribution in [0.2, 0.25) is 5.02 Å². The molecule has 0 aromatic heterocycles. The molecule has 0 radical (unpaired) electrons. The second-order valence-electron chi connectivity index (χ2n) is 4.28. The smallest absolute Gasteiger partial charge is 0.0406 e. The van der Waals surface area contributed by atoms with Gasteiger partial charge in [0, 0.05) is 11.1 Å². The van der Waals surface area contributed by atoms with Gasteiger partial charge >= 0.3 is 0 Å². The fourth-order valence-electron chi connectivity index (χ4n) is 2.22. The summed E-state index contributed by atoms with van der Waals surface area (Å²) in [5.74, 6) is 0.825. The second kappa shape index (κ2) is 5.00. The topological polar surface area (TPSA) is 12.0 Å². The minimum absolute atomic E-state index is 0.529. The number of hydrogen-bond acceptors (Lipinski definition) is 1. The van der Waals surface area contributed by atoms with Crippen molar-refractivity contribution in [1.82, 2.24) is 5.32 Å². The van der Waals surface area contributed by atoms with Crippen molar-refractivity contribution in [2.45, 2.75) is 32.2 Å².